The van der Waals surface area contributed by atoms with Crippen LogP contribution in [0, 0.1) is 13.8 Å². The summed E-state index contributed by atoms with van der Waals surface area (Å²) in [5.74, 6) is 1.69. The molecule has 3 aromatic rings. The van der Waals surface area contributed by atoms with Gasteiger partial charge >= 0.3 is 0 Å². The van der Waals surface area contributed by atoms with Gasteiger partial charge in [0, 0.05) is 44.5 Å². The summed E-state index contributed by atoms with van der Waals surface area (Å²) in [6, 6.07) is 10.4. The van der Waals surface area contributed by atoms with Crippen molar-refractivity contribution in [2.75, 3.05) is 20.2 Å². The molecule has 7 heteroatoms. The van der Waals surface area contributed by atoms with E-state index in [1.54, 1.807) is 7.05 Å². The minimum atomic E-state index is 0. The van der Waals surface area contributed by atoms with E-state index in [9.17, 15) is 0 Å². The number of imidazole rings is 1. The predicted molar refractivity (Wildman–Crippen MR) is 130 cm³/mol. The van der Waals surface area contributed by atoms with Crippen LogP contribution >= 0.6 is 24.0 Å². The van der Waals surface area contributed by atoms with Crippen LogP contribution < -0.4 is 15.4 Å². The Hall–Kier alpha value is -2.29. The highest BCUT2D eigenvalue weighted by atomic mass is 127. The Kier molecular flexibility index (Phi) is 8.75. The fourth-order valence-corrected chi connectivity index (χ4v) is 3.13. The van der Waals surface area contributed by atoms with E-state index < -0.39 is 0 Å². The Balaban J connectivity index is 0.00000300. The first-order valence-corrected chi connectivity index (χ1v) is 9.70. The van der Waals surface area contributed by atoms with Gasteiger partial charge in [-0.05, 0) is 44.0 Å². The van der Waals surface area contributed by atoms with Gasteiger partial charge in [0.1, 0.15) is 11.4 Å². The van der Waals surface area contributed by atoms with Gasteiger partial charge < -0.3 is 19.8 Å². The SMILES string of the molecule is CCOc1cc(C)ccc1CNC(=NC)NCCc1cn2cccc(C)c2n1.I. The number of nitrogens with one attached hydrogen (secondary N) is 2. The third-order valence-electron chi connectivity index (χ3n) is 4.59. The number of nitrogens with zero attached hydrogens (tertiary/aromatic N) is 3. The molecule has 0 unspecified atom stereocenters. The average Bonchev–Trinajstić information content (AvgIpc) is 3.10. The lowest BCUT2D eigenvalue weighted by molar-refractivity contribution is 0.336. The molecule has 0 saturated heterocycles. The lowest BCUT2D eigenvalue weighted by atomic mass is 10.1. The lowest BCUT2D eigenvalue weighted by Gasteiger charge is -2.14. The monoisotopic (exact) mass is 507 g/mol. The Bertz CT molecular complexity index is 967. The molecule has 6 nitrogen and oxygen atoms in total. The van der Waals surface area contributed by atoms with Gasteiger partial charge in [-0.1, -0.05) is 18.2 Å². The molecule has 0 fully saturated rings. The molecule has 0 bridgehead atoms. The number of fused-ring (bicyclic) bond motifs is 1. The van der Waals surface area contributed by atoms with Crippen LogP contribution in [0.25, 0.3) is 5.65 Å². The van der Waals surface area contributed by atoms with Crippen molar-refractivity contribution in [3.05, 3.63) is 65.1 Å². The predicted octanol–water partition coefficient (Wildman–Crippen LogP) is 3.88. The molecule has 29 heavy (non-hydrogen) atoms. The number of aliphatic imine (C=N–C) groups is 1. The second-order valence-electron chi connectivity index (χ2n) is 6.80. The number of hydrogen-bond acceptors (Lipinski definition) is 3. The molecule has 0 saturated carbocycles. The minimum Gasteiger partial charge on any atom is -0.494 e. The highest BCUT2D eigenvalue weighted by Gasteiger charge is 2.07. The van der Waals surface area contributed by atoms with Crippen molar-refractivity contribution in [2.24, 2.45) is 4.99 Å². The van der Waals surface area contributed by atoms with E-state index in [0.29, 0.717) is 13.2 Å². The smallest absolute Gasteiger partial charge is 0.191 e. The average molecular weight is 507 g/mol. The molecule has 0 spiro atoms. The van der Waals surface area contributed by atoms with Crippen molar-refractivity contribution in [1.29, 1.82) is 0 Å². The number of rotatable bonds is 7. The number of halogens is 1. The topological polar surface area (TPSA) is 63.0 Å². The summed E-state index contributed by atoms with van der Waals surface area (Å²) in [6.45, 7) is 8.22. The maximum Gasteiger partial charge on any atom is 0.191 e. The zero-order valence-electron chi connectivity index (χ0n) is 17.5. The number of aryl methyl sites for hydroxylation is 2. The summed E-state index contributed by atoms with van der Waals surface area (Å²) < 4.78 is 7.82. The molecule has 2 N–H and O–H groups in total. The van der Waals surface area contributed by atoms with Crippen LogP contribution in [0.1, 0.15) is 29.3 Å². The second-order valence-corrected chi connectivity index (χ2v) is 6.80. The first-order valence-electron chi connectivity index (χ1n) is 9.70. The van der Waals surface area contributed by atoms with Gasteiger partial charge in [0.15, 0.2) is 5.96 Å². The van der Waals surface area contributed by atoms with Gasteiger partial charge in [-0.25, -0.2) is 4.98 Å². The summed E-state index contributed by atoms with van der Waals surface area (Å²) in [4.78, 5) is 9.03. The highest BCUT2D eigenvalue weighted by Crippen LogP contribution is 2.20. The fraction of sp³-hybridized carbons (Fsp3) is 0.364. The summed E-state index contributed by atoms with van der Waals surface area (Å²) in [5.41, 5.74) is 5.57. The van der Waals surface area contributed by atoms with E-state index in [2.05, 4.69) is 64.3 Å². The summed E-state index contributed by atoms with van der Waals surface area (Å²) >= 11 is 0. The zero-order chi connectivity index (χ0) is 19.9. The largest absolute Gasteiger partial charge is 0.494 e. The van der Waals surface area contributed by atoms with Gasteiger partial charge in [0.2, 0.25) is 0 Å². The molecule has 0 atom stereocenters. The summed E-state index contributed by atoms with van der Waals surface area (Å²) in [6.07, 6.45) is 4.95. The van der Waals surface area contributed by atoms with Crippen molar-refractivity contribution in [2.45, 2.75) is 33.7 Å². The second kappa shape index (κ2) is 11.0. The fourth-order valence-electron chi connectivity index (χ4n) is 3.13. The standard InChI is InChI=1S/C22H29N5O.HI/c1-5-28-20-13-16(2)8-9-18(20)14-25-22(23-4)24-11-10-19-15-27-12-6-7-17(3)21(27)26-19;/h6-9,12-13,15H,5,10-11,14H2,1-4H3,(H2,23,24,25);1H. The molecule has 0 aliphatic rings. The maximum atomic E-state index is 5.75. The van der Waals surface area contributed by atoms with Gasteiger partial charge in [-0.15, -0.1) is 24.0 Å². The number of hydrogen-bond donors (Lipinski definition) is 2. The van der Waals surface area contributed by atoms with Crippen molar-refractivity contribution < 1.29 is 4.74 Å². The van der Waals surface area contributed by atoms with Crippen LogP contribution in [0.15, 0.2) is 47.7 Å². The molecule has 2 heterocycles. The van der Waals surface area contributed by atoms with Crippen LogP contribution in [-0.2, 0) is 13.0 Å². The van der Waals surface area contributed by atoms with Crippen LogP contribution in [0.5, 0.6) is 5.75 Å². The normalized spacial score (nSPS) is 11.2. The molecule has 3 rings (SSSR count). The Morgan fingerprint density at radius 1 is 1.21 bits per heavy atom. The molecule has 156 valence electrons. The molecule has 0 amide bonds. The third kappa shape index (κ3) is 6.09. The van der Waals surface area contributed by atoms with Crippen LogP contribution in [0.3, 0.4) is 0 Å². The quantitative estimate of drug-likeness (QED) is 0.290. The Morgan fingerprint density at radius 2 is 2.03 bits per heavy atom. The van der Waals surface area contributed by atoms with E-state index in [1.165, 1.54) is 11.1 Å². The van der Waals surface area contributed by atoms with Gasteiger partial charge in [0.25, 0.3) is 0 Å². The summed E-state index contributed by atoms with van der Waals surface area (Å²) in [5, 5.41) is 6.72. The minimum absolute atomic E-state index is 0. The van der Waals surface area contributed by atoms with E-state index >= 15 is 0 Å². The number of ether oxygens (including phenoxy) is 1. The molecule has 2 aromatic heterocycles. The Morgan fingerprint density at radius 3 is 2.76 bits per heavy atom. The number of aromatic nitrogens is 2. The lowest BCUT2D eigenvalue weighted by Crippen LogP contribution is -2.38. The third-order valence-corrected chi connectivity index (χ3v) is 4.59. The van der Waals surface area contributed by atoms with Crippen molar-refractivity contribution >= 4 is 35.6 Å². The van der Waals surface area contributed by atoms with E-state index in [-0.39, 0.29) is 24.0 Å². The maximum absolute atomic E-state index is 5.75. The molecular weight excluding hydrogens is 477 g/mol. The van der Waals surface area contributed by atoms with Crippen LogP contribution in [0.4, 0.5) is 0 Å². The van der Waals surface area contributed by atoms with Crippen LogP contribution in [-0.4, -0.2) is 35.5 Å². The van der Waals surface area contributed by atoms with Crippen molar-refractivity contribution in [3.8, 4) is 5.75 Å². The zero-order valence-corrected chi connectivity index (χ0v) is 19.9. The van der Waals surface area contributed by atoms with E-state index in [1.807, 2.05) is 19.2 Å². The van der Waals surface area contributed by atoms with Gasteiger partial charge in [-0.2, -0.15) is 0 Å². The number of pyridine rings is 1. The Labute approximate surface area is 189 Å². The van der Waals surface area contributed by atoms with E-state index in [4.69, 9.17) is 9.72 Å². The molecular formula is C22H30IN5O. The van der Waals surface area contributed by atoms with Crippen molar-refractivity contribution in [3.63, 3.8) is 0 Å². The van der Waals surface area contributed by atoms with Crippen LogP contribution in [0.2, 0.25) is 0 Å². The molecule has 0 aliphatic carbocycles. The number of benzene rings is 1. The van der Waals surface area contributed by atoms with Gasteiger partial charge in [0.05, 0.1) is 12.3 Å². The summed E-state index contributed by atoms with van der Waals surface area (Å²) in [7, 11) is 1.78. The molecule has 0 aliphatic heterocycles. The van der Waals surface area contributed by atoms with Gasteiger partial charge in [-0.3, -0.25) is 4.99 Å². The molecule has 0 radical (unpaired) electrons. The molecule has 1 aromatic carbocycles. The first-order chi connectivity index (χ1) is 13.6. The highest BCUT2D eigenvalue weighted by molar-refractivity contribution is 14.0. The number of guanidine groups is 1. The first kappa shape index (κ1) is 23.0. The van der Waals surface area contributed by atoms with E-state index in [0.717, 1.165) is 41.6 Å². The van der Waals surface area contributed by atoms with Crippen molar-refractivity contribution in [1.82, 2.24) is 20.0 Å².